The van der Waals surface area contributed by atoms with E-state index in [0.29, 0.717) is 21.4 Å². The highest BCUT2D eigenvalue weighted by Crippen LogP contribution is 2.23. The van der Waals surface area contributed by atoms with Crippen LogP contribution in [-0.2, 0) is 17.9 Å². The fourth-order valence-corrected chi connectivity index (χ4v) is 3.06. The van der Waals surface area contributed by atoms with Crippen LogP contribution >= 0.6 is 23.2 Å². The maximum absolute atomic E-state index is 12.9. The van der Waals surface area contributed by atoms with E-state index in [1.54, 1.807) is 37.3 Å². The van der Waals surface area contributed by atoms with Crippen LogP contribution in [0.15, 0.2) is 42.5 Å². The summed E-state index contributed by atoms with van der Waals surface area (Å²) in [6, 6.07) is 10.5. The molecule has 2 amide bonds. The van der Waals surface area contributed by atoms with Crippen molar-refractivity contribution in [2.24, 2.45) is 0 Å². The lowest BCUT2D eigenvalue weighted by molar-refractivity contribution is -0.122. The van der Waals surface area contributed by atoms with Crippen LogP contribution in [0.5, 0.6) is 0 Å². The van der Waals surface area contributed by atoms with Gasteiger partial charge < -0.3 is 10.6 Å². The zero-order valence-corrected chi connectivity index (χ0v) is 16.8. The normalized spacial score (nSPS) is 10.6. The minimum atomic E-state index is -0.501. The van der Waals surface area contributed by atoms with Crippen molar-refractivity contribution in [2.45, 2.75) is 20.0 Å². The standard InChI is InChI=1S/C19H16Cl2FN5O2/c1-11-18(19(29)24-16-7-13(20)6-14(21)8-16)25-26-27(11)10-17(28)23-9-12-2-4-15(22)5-3-12/h2-8H,9-10H2,1H3,(H,23,28)(H,24,29). The monoisotopic (exact) mass is 435 g/mol. The topological polar surface area (TPSA) is 88.9 Å². The van der Waals surface area contributed by atoms with Gasteiger partial charge in [-0.05, 0) is 42.8 Å². The molecule has 0 atom stereocenters. The quantitative estimate of drug-likeness (QED) is 0.618. The number of nitrogens with zero attached hydrogens (tertiary/aromatic N) is 3. The first kappa shape index (κ1) is 20.8. The van der Waals surface area contributed by atoms with Crippen LogP contribution in [0.1, 0.15) is 21.7 Å². The molecule has 0 saturated heterocycles. The third-order valence-electron chi connectivity index (χ3n) is 4.01. The Morgan fingerprint density at radius 1 is 1.10 bits per heavy atom. The minimum absolute atomic E-state index is 0.0763. The van der Waals surface area contributed by atoms with Crippen molar-refractivity contribution in [3.63, 3.8) is 0 Å². The fraction of sp³-hybridized carbons (Fsp3) is 0.158. The van der Waals surface area contributed by atoms with Crippen LogP contribution in [0.3, 0.4) is 0 Å². The molecule has 0 spiro atoms. The molecule has 0 aliphatic rings. The Kier molecular flexibility index (Phi) is 6.46. The molecule has 0 fully saturated rings. The first-order chi connectivity index (χ1) is 13.8. The Bertz CT molecular complexity index is 1030. The summed E-state index contributed by atoms with van der Waals surface area (Å²) in [6.45, 7) is 1.76. The third kappa shape index (κ3) is 5.52. The Morgan fingerprint density at radius 2 is 1.76 bits per heavy atom. The van der Waals surface area contributed by atoms with E-state index < -0.39 is 5.91 Å². The average Bonchev–Trinajstić information content (AvgIpc) is 3.01. The largest absolute Gasteiger partial charge is 0.350 e. The molecule has 29 heavy (non-hydrogen) atoms. The van der Waals surface area contributed by atoms with E-state index in [2.05, 4.69) is 20.9 Å². The van der Waals surface area contributed by atoms with Gasteiger partial charge in [-0.15, -0.1) is 5.10 Å². The smallest absolute Gasteiger partial charge is 0.278 e. The number of carbonyl (C=O) groups excluding carboxylic acids is 2. The predicted octanol–water partition coefficient (Wildman–Crippen LogP) is 3.60. The summed E-state index contributed by atoms with van der Waals surface area (Å²) >= 11 is 11.8. The highest BCUT2D eigenvalue weighted by atomic mass is 35.5. The van der Waals surface area contributed by atoms with Gasteiger partial charge in [-0.2, -0.15) is 0 Å². The van der Waals surface area contributed by atoms with Crippen molar-refractivity contribution < 1.29 is 14.0 Å². The Morgan fingerprint density at radius 3 is 2.41 bits per heavy atom. The summed E-state index contributed by atoms with van der Waals surface area (Å²) in [5.41, 5.74) is 1.67. The van der Waals surface area contributed by atoms with Crippen molar-refractivity contribution >= 4 is 40.7 Å². The fourth-order valence-electron chi connectivity index (χ4n) is 2.53. The summed E-state index contributed by atoms with van der Waals surface area (Å²) in [5.74, 6) is -1.17. The number of hydrogen-bond acceptors (Lipinski definition) is 4. The molecular formula is C19H16Cl2FN5O2. The second-order valence-electron chi connectivity index (χ2n) is 6.20. The summed E-state index contributed by atoms with van der Waals surface area (Å²) in [7, 11) is 0. The van der Waals surface area contributed by atoms with E-state index in [1.165, 1.54) is 16.8 Å². The second kappa shape index (κ2) is 9.02. The van der Waals surface area contributed by atoms with E-state index in [1.807, 2.05) is 0 Å². The van der Waals surface area contributed by atoms with Crippen LogP contribution < -0.4 is 10.6 Å². The van der Waals surface area contributed by atoms with Gasteiger partial charge in [0.05, 0.1) is 5.69 Å². The first-order valence-electron chi connectivity index (χ1n) is 8.50. The molecule has 7 nitrogen and oxygen atoms in total. The van der Waals surface area contributed by atoms with Crippen molar-refractivity contribution in [3.05, 3.63) is 75.3 Å². The zero-order valence-electron chi connectivity index (χ0n) is 15.2. The van der Waals surface area contributed by atoms with Gasteiger partial charge in [-0.25, -0.2) is 9.07 Å². The van der Waals surface area contributed by atoms with Crippen LogP contribution in [-0.4, -0.2) is 26.8 Å². The molecule has 0 bridgehead atoms. The minimum Gasteiger partial charge on any atom is -0.350 e. The van der Waals surface area contributed by atoms with Crippen molar-refractivity contribution in [1.82, 2.24) is 20.3 Å². The lowest BCUT2D eigenvalue weighted by atomic mass is 10.2. The van der Waals surface area contributed by atoms with Crippen LogP contribution in [0.2, 0.25) is 10.0 Å². The molecule has 1 aromatic heterocycles. The molecule has 3 rings (SSSR count). The SMILES string of the molecule is Cc1c(C(=O)Nc2cc(Cl)cc(Cl)c2)nnn1CC(=O)NCc1ccc(F)cc1. The lowest BCUT2D eigenvalue weighted by Gasteiger charge is -2.07. The Labute approximate surface area is 175 Å². The number of anilines is 1. The Hall–Kier alpha value is -2.97. The molecular weight excluding hydrogens is 420 g/mol. The average molecular weight is 436 g/mol. The van der Waals surface area contributed by atoms with Gasteiger partial charge in [0.2, 0.25) is 5.91 Å². The highest BCUT2D eigenvalue weighted by molar-refractivity contribution is 6.35. The summed E-state index contributed by atoms with van der Waals surface area (Å²) in [5, 5.41) is 13.8. The number of benzene rings is 2. The Balaban J connectivity index is 1.61. The molecule has 2 aromatic carbocycles. The van der Waals surface area contributed by atoms with Gasteiger partial charge in [0.1, 0.15) is 12.4 Å². The number of hydrogen-bond donors (Lipinski definition) is 2. The summed E-state index contributed by atoms with van der Waals surface area (Å²) in [6.07, 6.45) is 0. The molecule has 1 heterocycles. The number of halogens is 3. The molecule has 3 aromatic rings. The van der Waals surface area contributed by atoms with E-state index in [-0.39, 0.29) is 30.5 Å². The van der Waals surface area contributed by atoms with Gasteiger partial charge >= 0.3 is 0 Å². The van der Waals surface area contributed by atoms with Crippen molar-refractivity contribution in [2.75, 3.05) is 5.32 Å². The summed E-state index contributed by atoms with van der Waals surface area (Å²) in [4.78, 5) is 24.6. The molecule has 150 valence electrons. The highest BCUT2D eigenvalue weighted by Gasteiger charge is 2.18. The van der Waals surface area contributed by atoms with Crippen LogP contribution in [0, 0.1) is 12.7 Å². The molecule has 0 saturated carbocycles. The summed E-state index contributed by atoms with van der Waals surface area (Å²) < 4.78 is 14.2. The van der Waals surface area contributed by atoms with E-state index in [4.69, 9.17) is 23.2 Å². The van der Waals surface area contributed by atoms with Crippen LogP contribution in [0.4, 0.5) is 10.1 Å². The number of amides is 2. The lowest BCUT2D eigenvalue weighted by Crippen LogP contribution is -2.28. The van der Waals surface area contributed by atoms with Gasteiger partial charge in [0, 0.05) is 22.3 Å². The third-order valence-corrected chi connectivity index (χ3v) is 4.45. The maximum Gasteiger partial charge on any atom is 0.278 e. The molecule has 0 aliphatic heterocycles. The zero-order chi connectivity index (χ0) is 21.0. The number of aromatic nitrogens is 3. The second-order valence-corrected chi connectivity index (χ2v) is 7.07. The molecule has 0 unspecified atom stereocenters. The van der Waals surface area contributed by atoms with Gasteiger partial charge in [0.15, 0.2) is 5.69 Å². The van der Waals surface area contributed by atoms with E-state index >= 15 is 0 Å². The van der Waals surface area contributed by atoms with E-state index in [9.17, 15) is 14.0 Å². The molecule has 10 heteroatoms. The van der Waals surface area contributed by atoms with Gasteiger partial charge in [0.25, 0.3) is 5.91 Å². The number of rotatable bonds is 6. The maximum atomic E-state index is 12.9. The van der Waals surface area contributed by atoms with Gasteiger partial charge in [-0.1, -0.05) is 40.5 Å². The van der Waals surface area contributed by atoms with Gasteiger partial charge in [-0.3, -0.25) is 9.59 Å². The number of nitrogens with one attached hydrogen (secondary N) is 2. The van der Waals surface area contributed by atoms with Crippen LogP contribution in [0.25, 0.3) is 0 Å². The van der Waals surface area contributed by atoms with Crippen molar-refractivity contribution in [3.8, 4) is 0 Å². The predicted molar refractivity (Wildman–Crippen MR) is 107 cm³/mol. The molecule has 0 aliphatic carbocycles. The number of carbonyl (C=O) groups is 2. The van der Waals surface area contributed by atoms with Crippen molar-refractivity contribution in [1.29, 1.82) is 0 Å². The molecule has 0 radical (unpaired) electrons. The first-order valence-corrected chi connectivity index (χ1v) is 9.26. The van der Waals surface area contributed by atoms with E-state index in [0.717, 1.165) is 5.56 Å². The molecule has 2 N–H and O–H groups in total.